The summed E-state index contributed by atoms with van der Waals surface area (Å²) in [6.07, 6.45) is -0.415. The summed E-state index contributed by atoms with van der Waals surface area (Å²) in [5.41, 5.74) is 0.406. The normalized spacial score (nSPS) is 14.2. The molecule has 3 rings (SSSR count). The number of carbonyl (C=O) groups excluding carboxylic acids is 4. The van der Waals surface area contributed by atoms with Crippen molar-refractivity contribution in [2.24, 2.45) is 0 Å². The summed E-state index contributed by atoms with van der Waals surface area (Å²) in [5.74, 6) is -0.926. The van der Waals surface area contributed by atoms with Gasteiger partial charge in [-0.2, -0.15) is 0 Å². The van der Waals surface area contributed by atoms with Gasteiger partial charge in [0.05, 0.1) is 24.8 Å². The molecule has 0 fully saturated rings. The van der Waals surface area contributed by atoms with Gasteiger partial charge in [0.15, 0.2) is 24.2 Å². The number of hydrogen-bond donors (Lipinski definition) is 2. The molecule has 0 saturated carbocycles. The molecule has 1 heterocycles. The number of carbonyl (C=O) groups is 4. The van der Waals surface area contributed by atoms with Gasteiger partial charge in [0.25, 0.3) is 5.91 Å². The van der Waals surface area contributed by atoms with Crippen molar-refractivity contribution in [2.75, 3.05) is 26.9 Å². The number of nitrogens with one attached hydrogen (secondary N) is 2. The summed E-state index contributed by atoms with van der Waals surface area (Å²) in [6, 6.07) is 11.9. The van der Waals surface area contributed by atoms with Crippen molar-refractivity contribution in [2.45, 2.75) is 6.10 Å². The number of rotatable bonds is 6. The Bertz CT molecular complexity index is 974. The molecular weight excluding hydrogens is 408 g/mol. The van der Waals surface area contributed by atoms with E-state index in [9.17, 15) is 19.2 Å². The number of fused-ring (bicyclic) bond motifs is 1. The van der Waals surface area contributed by atoms with Crippen molar-refractivity contribution >= 4 is 23.9 Å². The highest BCUT2D eigenvalue weighted by molar-refractivity contribution is 5.97. The number of benzene rings is 2. The molecule has 10 nitrogen and oxygen atoms in total. The maximum Gasteiger partial charge on any atom is 0.338 e. The first-order valence-electron chi connectivity index (χ1n) is 9.28. The largest absolute Gasteiger partial charge is 0.486 e. The molecular formula is C21H20N2O8. The van der Waals surface area contributed by atoms with E-state index in [0.29, 0.717) is 11.5 Å². The molecule has 0 saturated heterocycles. The zero-order valence-electron chi connectivity index (χ0n) is 16.6. The fourth-order valence-electron chi connectivity index (χ4n) is 2.65. The predicted octanol–water partition coefficient (Wildman–Crippen LogP) is 1.30. The maximum absolute atomic E-state index is 12.0. The number of ether oxygens (including phenoxy) is 4. The van der Waals surface area contributed by atoms with Gasteiger partial charge in [0.2, 0.25) is 0 Å². The molecule has 0 radical (unpaired) electrons. The molecule has 0 aromatic heterocycles. The molecule has 3 amide bonds. The van der Waals surface area contributed by atoms with Gasteiger partial charge >= 0.3 is 18.0 Å². The van der Waals surface area contributed by atoms with Crippen LogP contribution in [0.15, 0.2) is 48.5 Å². The van der Waals surface area contributed by atoms with Gasteiger partial charge in [-0.3, -0.25) is 10.1 Å². The zero-order chi connectivity index (χ0) is 22.2. The van der Waals surface area contributed by atoms with E-state index in [1.807, 2.05) is 6.07 Å². The topological polar surface area (TPSA) is 129 Å². The standard InChI is InChI=1S/C21H20N2O8/c1-28-19(25)13-6-8-14(9-7-13)20(26)30-12-18(24)23-21(27)22-10-15-11-29-16-4-2-3-5-17(16)31-15/h2-9,15H,10-12H2,1H3,(H2,22,23,24,27). The van der Waals surface area contributed by atoms with E-state index in [0.717, 1.165) is 0 Å². The van der Waals surface area contributed by atoms with Crippen LogP contribution in [0.2, 0.25) is 0 Å². The molecule has 10 heteroatoms. The molecule has 31 heavy (non-hydrogen) atoms. The lowest BCUT2D eigenvalue weighted by Gasteiger charge is -2.26. The second kappa shape index (κ2) is 10.1. The predicted molar refractivity (Wildman–Crippen MR) is 106 cm³/mol. The zero-order valence-corrected chi connectivity index (χ0v) is 16.6. The number of hydrogen-bond acceptors (Lipinski definition) is 8. The SMILES string of the molecule is COC(=O)c1ccc(C(=O)OCC(=O)NC(=O)NCC2COc3ccccc3O2)cc1. The minimum absolute atomic E-state index is 0.111. The van der Waals surface area contributed by atoms with Crippen molar-refractivity contribution in [1.82, 2.24) is 10.6 Å². The molecule has 2 N–H and O–H groups in total. The molecule has 162 valence electrons. The highest BCUT2D eigenvalue weighted by atomic mass is 16.6. The smallest absolute Gasteiger partial charge is 0.338 e. The number of amides is 3. The Morgan fingerprint density at radius 2 is 1.61 bits per heavy atom. The average Bonchev–Trinajstić information content (AvgIpc) is 2.80. The Hall–Kier alpha value is -4.08. The number of imide groups is 1. The van der Waals surface area contributed by atoms with E-state index in [-0.39, 0.29) is 24.3 Å². The Labute approximate surface area is 177 Å². The van der Waals surface area contributed by atoms with E-state index in [2.05, 4.69) is 15.4 Å². The van der Waals surface area contributed by atoms with Gasteiger partial charge in [0.1, 0.15) is 6.61 Å². The lowest BCUT2D eigenvalue weighted by atomic mass is 10.1. The summed E-state index contributed by atoms with van der Waals surface area (Å²) in [4.78, 5) is 47.0. The molecule has 1 atom stereocenters. The molecule has 1 aliphatic heterocycles. The van der Waals surface area contributed by atoms with E-state index in [1.54, 1.807) is 18.2 Å². The van der Waals surface area contributed by atoms with Gasteiger partial charge in [-0.15, -0.1) is 0 Å². The van der Waals surface area contributed by atoms with Crippen molar-refractivity contribution < 1.29 is 38.1 Å². The average molecular weight is 428 g/mol. The highest BCUT2D eigenvalue weighted by Gasteiger charge is 2.21. The minimum atomic E-state index is -0.803. The maximum atomic E-state index is 12.0. The van der Waals surface area contributed by atoms with Gasteiger partial charge in [-0.25, -0.2) is 14.4 Å². The summed E-state index contributed by atoms with van der Waals surface area (Å²) >= 11 is 0. The van der Waals surface area contributed by atoms with Crippen LogP contribution < -0.4 is 20.1 Å². The van der Waals surface area contributed by atoms with E-state index < -0.39 is 36.6 Å². The number of methoxy groups -OCH3 is 1. The number of esters is 2. The minimum Gasteiger partial charge on any atom is -0.486 e. The third-order valence-electron chi connectivity index (χ3n) is 4.19. The van der Waals surface area contributed by atoms with Crippen LogP contribution in [-0.4, -0.2) is 56.8 Å². The third kappa shape index (κ3) is 5.95. The van der Waals surface area contributed by atoms with E-state index in [4.69, 9.17) is 14.2 Å². The van der Waals surface area contributed by atoms with Crippen LogP contribution in [0, 0.1) is 0 Å². The number of para-hydroxylation sites is 2. The summed E-state index contributed by atoms with van der Waals surface area (Å²) in [7, 11) is 1.24. The summed E-state index contributed by atoms with van der Waals surface area (Å²) in [5, 5.41) is 4.55. The van der Waals surface area contributed by atoms with Gasteiger partial charge < -0.3 is 24.3 Å². The lowest BCUT2D eigenvalue weighted by molar-refractivity contribution is -0.123. The van der Waals surface area contributed by atoms with Gasteiger partial charge in [-0.05, 0) is 36.4 Å². The van der Waals surface area contributed by atoms with E-state index in [1.165, 1.54) is 31.4 Å². The summed E-state index contributed by atoms with van der Waals surface area (Å²) < 4.78 is 20.7. The van der Waals surface area contributed by atoms with Crippen LogP contribution >= 0.6 is 0 Å². The molecule has 0 spiro atoms. The van der Waals surface area contributed by atoms with Crippen molar-refractivity contribution in [1.29, 1.82) is 0 Å². The fraction of sp³-hybridized carbons (Fsp3) is 0.238. The van der Waals surface area contributed by atoms with E-state index >= 15 is 0 Å². The lowest BCUT2D eigenvalue weighted by Crippen LogP contribution is -2.46. The van der Waals surface area contributed by atoms with Crippen LogP contribution in [0.25, 0.3) is 0 Å². The first kappa shape index (κ1) is 21.6. The Kier molecular flexibility index (Phi) is 7.05. The molecule has 2 aromatic rings. The highest BCUT2D eigenvalue weighted by Crippen LogP contribution is 2.30. The Balaban J connectivity index is 1.38. The Morgan fingerprint density at radius 1 is 0.968 bits per heavy atom. The number of urea groups is 1. The quantitative estimate of drug-likeness (QED) is 0.659. The molecule has 1 unspecified atom stereocenters. The molecule has 1 aliphatic rings. The molecule has 0 bridgehead atoms. The van der Waals surface area contributed by atoms with Crippen molar-refractivity contribution in [3.8, 4) is 11.5 Å². The van der Waals surface area contributed by atoms with Crippen LogP contribution in [0.1, 0.15) is 20.7 Å². The van der Waals surface area contributed by atoms with Crippen molar-refractivity contribution in [3.05, 3.63) is 59.7 Å². The molecule has 2 aromatic carbocycles. The Morgan fingerprint density at radius 3 is 2.29 bits per heavy atom. The fourth-order valence-corrected chi connectivity index (χ4v) is 2.65. The van der Waals surface area contributed by atoms with Crippen molar-refractivity contribution in [3.63, 3.8) is 0 Å². The van der Waals surface area contributed by atoms with Crippen LogP contribution in [0.5, 0.6) is 11.5 Å². The van der Waals surface area contributed by atoms with Gasteiger partial charge in [-0.1, -0.05) is 12.1 Å². The monoisotopic (exact) mass is 428 g/mol. The second-order valence-corrected chi connectivity index (χ2v) is 6.40. The van der Waals surface area contributed by atoms with Crippen LogP contribution in [0.3, 0.4) is 0 Å². The third-order valence-corrected chi connectivity index (χ3v) is 4.19. The molecule has 0 aliphatic carbocycles. The summed E-state index contributed by atoms with van der Waals surface area (Å²) in [6.45, 7) is -0.293. The first-order chi connectivity index (χ1) is 15.0. The van der Waals surface area contributed by atoms with Crippen LogP contribution in [0.4, 0.5) is 4.79 Å². The van der Waals surface area contributed by atoms with Crippen LogP contribution in [-0.2, 0) is 14.3 Å². The second-order valence-electron chi connectivity index (χ2n) is 6.40. The van der Waals surface area contributed by atoms with Gasteiger partial charge in [0, 0.05) is 0 Å². The first-order valence-corrected chi connectivity index (χ1v) is 9.28.